The average molecular weight is 281 g/mol. The highest BCUT2D eigenvalue weighted by Crippen LogP contribution is 2.34. The third-order valence-corrected chi connectivity index (χ3v) is 3.71. The summed E-state index contributed by atoms with van der Waals surface area (Å²) in [5.74, 6) is 1.24. The van der Waals surface area contributed by atoms with Crippen molar-refractivity contribution in [3.8, 4) is 11.3 Å². The molecule has 0 bridgehead atoms. The Kier molecular flexibility index (Phi) is 2.73. The van der Waals surface area contributed by atoms with Gasteiger partial charge in [-0.1, -0.05) is 23.4 Å². The predicted molar refractivity (Wildman–Crippen MR) is 78.0 cm³/mol. The highest BCUT2D eigenvalue weighted by Gasteiger charge is 2.17. The number of hydrogen-bond acceptors (Lipinski definition) is 5. The molecule has 106 valence electrons. The molecular weight excluding hydrogens is 266 g/mol. The summed E-state index contributed by atoms with van der Waals surface area (Å²) in [6.07, 6.45) is 4.74. The number of aromatic nitrogens is 4. The van der Waals surface area contributed by atoms with E-state index in [9.17, 15) is 0 Å². The van der Waals surface area contributed by atoms with Crippen LogP contribution in [0.4, 0.5) is 5.69 Å². The van der Waals surface area contributed by atoms with E-state index in [0.717, 1.165) is 18.7 Å². The number of para-hydroxylation sites is 1. The van der Waals surface area contributed by atoms with Crippen molar-refractivity contribution < 1.29 is 4.52 Å². The first-order chi connectivity index (χ1) is 10.3. The Labute approximate surface area is 121 Å². The molecule has 0 amide bonds. The Hall–Kier alpha value is -2.63. The SMILES string of the molecule is Cc1noc(Cn2cncc2-c2cccc3c2NCC3)n1. The van der Waals surface area contributed by atoms with Crippen molar-refractivity contribution in [1.29, 1.82) is 0 Å². The van der Waals surface area contributed by atoms with Gasteiger partial charge < -0.3 is 14.4 Å². The molecule has 0 spiro atoms. The zero-order valence-electron chi connectivity index (χ0n) is 11.7. The maximum Gasteiger partial charge on any atom is 0.246 e. The first-order valence-corrected chi connectivity index (χ1v) is 6.97. The summed E-state index contributed by atoms with van der Waals surface area (Å²) in [6, 6.07) is 6.37. The van der Waals surface area contributed by atoms with Gasteiger partial charge in [0.25, 0.3) is 0 Å². The number of benzene rings is 1. The summed E-state index contributed by atoms with van der Waals surface area (Å²) in [5, 5.41) is 7.28. The van der Waals surface area contributed by atoms with Gasteiger partial charge in [0.05, 0.1) is 18.2 Å². The molecule has 0 fully saturated rings. The van der Waals surface area contributed by atoms with Crippen molar-refractivity contribution in [1.82, 2.24) is 19.7 Å². The van der Waals surface area contributed by atoms with Gasteiger partial charge in [-0.05, 0) is 18.9 Å². The Morgan fingerprint density at radius 2 is 2.33 bits per heavy atom. The van der Waals surface area contributed by atoms with E-state index in [1.807, 2.05) is 17.7 Å². The predicted octanol–water partition coefficient (Wildman–Crippen LogP) is 2.26. The molecule has 21 heavy (non-hydrogen) atoms. The van der Waals surface area contributed by atoms with Gasteiger partial charge in [-0.15, -0.1) is 0 Å². The smallest absolute Gasteiger partial charge is 0.246 e. The van der Waals surface area contributed by atoms with Crippen LogP contribution in [0.25, 0.3) is 11.3 Å². The van der Waals surface area contributed by atoms with Crippen LogP contribution < -0.4 is 5.32 Å². The van der Waals surface area contributed by atoms with Gasteiger partial charge in [0.1, 0.15) is 6.54 Å². The van der Waals surface area contributed by atoms with Crippen LogP contribution in [0.5, 0.6) is 0 Å². The van der Waals surface area contributed by atoms with Crippen molar-refractivity contribution in [3.05, 3.63) is 48.0 Å². The monoisotopic (exact) mass is 281 g/mol. The molecule has 6 heteroatoms. The third kappa shape index (κ3) is 2.08. The van der Waals surface area contributed by atoms with Crippen molar-refractivity contribution in [2.75, 3.05) is 11.9 Å². The van der Waals surface area contributed by atoms with E-state index in [4.69, 9.17) is 4.52 Å². The molecule has 4 rings (SSSR count). The van der Waals surface area contributed by atoms with Crippen LogP contribution in [-0.2, 0) is 13.0 Å². The normalized spacial score (nSPS) is 13.2. The Balaban J connectivity index is 1.74. The summed E-state index contributed by atoms with van der Waals surface area (Å²) < 4.78 is 7.23. The quantitative estimate of drug-likeness (QED) is 0.797. The minimum Gasteiger partial charge on any atom is -0.384 e. The lowest BCUT2D eigenvalue weighted by Crippen LogP contribution is -2.02. The average Bonchev–Trinajstić information content (AvgIpc) is 3.19. The first-order valence-electron chi connectivity index (χ1n) is 6.97. The van der Waals surface area contributed by atoms with E-state index >= 15 is 0 Å². The molecule has 1 N–H and O–H groups in total. The maximum atomic E-state index is 5.20. The van der Waals surface area contributed by atoms with Gasteiger partial charge in [-0.3, -0.25) is 0 Å². The van der Waals surface area contributed by atoms with Gasteiger partial charge in [-0.25, -0.2) is 4.98 Å². The lowest BCUT2D eigenvalue weighted by Gasteiger charge is -2.10. The van der Waals surface area contributed by atoms with Crippen molar-refractivity contribution >= 4 is 5.69 Å². The molecule has 0 saturated heterocycles. The number of fused-ring (bicyclic) bond motifs is 1. The van der Waals surface area contributed by atoms with Crippen molar-refractivity contribution in [2.45, 2.75) is 19.9 Å². The molecule has 1 aliphatic rings. The van der Waals surface area contributed by atoms with Gasteiger partial charge in [0.15, 0.2) is 5.82 Å². The molecule has 0 radical (unpaired) electrons. The molecular formula is C15H15N5O. The van der Waals surface area contributed by atoms with Gasteiger partial charge in [0.2, 0.25) is 5.89 Å². The van der Waals surface area contributed by atoms with E-state index in [-0.39, 0.29) is 0 Å². The maximum absolute atomic E-state index is 5.20. The Morgan fingerprint density at radius 3 is 3.19 bits per heavy atom. The summed E-state index contributed by atoms with van der Waals surface area (Å²) in [5.41, 5.74) is 4.78. The van der Waals surface area contributed by atoms with Crippen LogP contribution >= 0.6 is 0 Å². The number of rotatable bonds is 3. The number of nitrogens with one attached hydrogen (secondary N) is 1. The molecule has 6 nitrogen and oxygen atoms in total. The second kappa shape index (κ2) is 4.73. The summed E-state index contributed by atoms with van der Waals surface area (Å²) >= 11 is 0. The molecule has 0 saturated carbocycles. The molecule has 1 aliphatic heterocycles. The van der Waals surface area contributed by atoms with Crippen LogP contribution in [0.3, 0.4) is 0 Å². The topological polar surface area (TPSA) is 68.8 Å². The lowest BCUT2D eigenvalue weighted by molar-refractivity contribution is 0.368. The van der Waals surface area contributed by atoms with Crippen LogP contribution in [0, 0.1) is 6.92 Å². The molecule has 3 heterocycles. The summed E-state index contributed by atoms with van der Waals surface area (Å²) in [7, 11) is 0. The Morgan fingerprint density at radius 1 is 1.38 bits per heavy atom. The summed E-state index contributed by atoms with van der Waals surface area (Å²) in [4.78, 5) is 8.52. The van der Waals surface area contributed by atoms with E-state index in [1.165, 1.54) is 16.8 Å². The molecule has 0 unspecified atom stereocenters. The van der Waals surface area contributed by atoms with Crippen LogP contribution in [0.1, 0.15) is 17.3 Å². The van der Waals surface area contributed by atoms with E-state index in [0.29, 0.717) is 18.3 Å². The van der Waals surface area contributed by atoms with Crippen molar-refractivity contribution in [2.24, 2.45) is 0 Å². The van der Waals surface area contributed by atoms with Crippen LogP contribution in [0.15, 0.2) is 35.2 Å². The Bertz CT molecular complexity index is 789. The second-order valence-electron chi connectivity index (χ2n) is 5.16. The zero-order valence-corrected chi connectivity index (χ0v) is 11.7. The minimum absolute atomic E-state index is 0.528. The fourth-order valence-corrected chi connectivity index (χ4v) is 2.77. The molecule has 1 aromatic carbocycles. The van der Waals surface area contributed by atoms with Gasteiger partial charge in [-0.2, -0.15) is 4.98 Å². The van der Waals surface area contributed by atoms with E-state index in [1.54, 1.807) is 6.33 Å². The standard InChI is InChI=1S/C15H15N5O/c1-10-18-14(21-19-10)8-20-9-16-7-13(20)12-4-2-3-11-5-6-17-15(11)12/h2-4,7,9,17H,5-6,8H2,1H3. The molecule has 0 aliphatic carbocycles. The summed E-state index contributed by atoms with van der Waals surface area (Å²) in [6.45, 7) is 3.33. The number of nitrogens with zero attached hydrogens (tertiary/aromatic N) is 4. The number of anilines is 1. The second-order valence-corrected chi connectivity index (χ2v) is 5.16. The van der Waals surface area contributed by atoms with E-state index < -0.39 is 0 Å². The number of imidazole rings is 1. The molecule has 3 aromatic rings. The van der Waals surface area contributed by atoms with Gasteiger partial charge in [0, 0.05) is 17.8 Å². The minimum atomic E-state index is 0.528. The molecule has 0 atom stereocenters. The van der Waals surface area contributed by atoms with Crippen molar-refractivity contribution in [3.63, 3.8) is 0 Å². The van der Waals surface area contributed by atoms with Crippen LogP contribution in [-0.4, -0.2) is 26.2 Å². The first kappa shape index (κ1) is 12.1. The van der Waals surface area contributed by atoms with E-state index in [2.05, 4.69) is 38.6 Å². The fraction of sp³-hybridized carbons (Fsp3) is 0.267. The highest BCUT2D eigenvalue weighted by atomic mass is 16.5. The third-order valence-electron chi connectivity index (χ3n) is 3.71. The van der Waals surface area contributed by atoms with Crippen LogP contribution in [0.2, 0.25) is 0 Å². The fourth-order valence-electron chi connectivity index (χ4n) is 2.77. The number of aryl methyl sites for hydroxylation is 1. The lowest BCUT2D eigenvalue weighted by atomic mass is 10.1. The highest BCUT2D eigenvalue weighted by molar-refractivity contribution is 5.79. The largest absolute Gasteiger partial charge is 0.384 e. The number of hydrogen-bond donors (Lipinski definition) is 1. The zero-order chi connectivity index (χ0) is 14.2. The molecule has 2 aromatic heterocycles. The van der Waals surface area contributed by atoms with Gasteiger partial charge >= 0.3 is 0 Å².